The van der Waals surface area contributed by atoms with E-state index in [0.717, 1.165) is 24.3 Å². The average Bonchev–Trinajstić information content (AvgIpc) is 2.86. The van der Waals surface area contributed by atoms with Crippen molar-refractivity contribution in [2.45, 2.75) is 26.4 Å². The third kappa shape index (κ3) is 3.27. The fraction of sp³-hybridized carbons (Fsp3) is 0.286. The average molecular weight is 275 g/mol. The predicted octanol–water partition coefficient (Wildman–Crippen LogP) is 3.43. The van der Waals surface area contributed by atoms with Gasteiger partial charge in [0.05, 0.1) is 22.8 Å². The molecule has 0 aliphatic heterocycles. The van der Waals surface area contributed by atoms with Gasteiger partial charge >= 0.3 is 0 Å². The van der Waals surface area contributed by atoms with Gasteiger partial charge in [-0.1, -0.05) is 18.5 Å². The van der Waals surface area contributed by atoms with Gasteiger partial charge in [-0.15, -0.1) is 0 Å². The van der Waals surface area contributed by atoms with Crippen molar-refractivity contribution >= 4 is 17.3 Å². The number of aromatic nitrogens is 2. The fourth-order valence-corrected chi connectivity index (χ4v) is 2.00. The van der Waals surface area contributed by atoms with Gasteiger partial charge in [0.1, 0.15) is 6.07 Å². The molecule has 0 atom stereocenters. The molecule has 98 valence electrons. The maximum atomic E-state index is 8.93. The summed E-state index contributed by atoms with van der Waals surface area (Å²) in [6.07, 6.45) is 2.85. The second-order valence-corrected chi connectivity index (χ2v) is 4.61. The zero-order valence-electron chi connectivity index (χ0n) is 10.7. The van der Waals surface area contributed by atoms with Crippen LogP contribution in [0.3, 0.4) is 0 Å². The number of benzene rings is 1. The summed E-state index contributed by atoms with van der Waals surface area (Å²) < 4.78 is 1.98. The Kier molecular flexibility index (Phi) is 4.43. The van der Waals surface area contributed by atoms with E-state index in [1.807, 2.05) is 16.8 Å². The van der Waals surface area contributed by atoms with E-state index in [1.165, 1.54) is 0 Å². The molecule has 0 amide bonds. The number of hydrogen-bond donors (Lipinski definition) is 1. The number of aryl methyl sites for hydroxylation is 1. The summed E-state index contributed by atoms with van der Waals surface area (Å²) >= 11 is 5.90. The van der Waals surface area contributed by atoms with Crippen LogP contribution in [-0.4, -0.2) is 9.78 Å². The zero-order valence-corrected chi connectivity index (χ0v) is 11.5. The molecule has 2 aromatic rings. The van der Waals surface area contributed by atoms with E-state index in [2.05, 4.69) is 23.4 Å². The first kappa shape index (κ1) is 13.4. The van der Waals surface area contributed by atoms with Gasteiger partial charge in [-0.05, 0) is 30.7 Å². The van der Waals surface area contributed by atoms with E-state index < -0.39 is 0 Å². The normalized spacial score (nSPS) is 10.2. The zero-order chi connectivity index (χ0) is 13.7. The lowest BCUT2D eigenvalue weighted by Crippen LogP contribution is -2.08. The fourth-order valence-electron chi connectivity index (χ4n) is 1.84. The molecule has 0 radical (unpaired) electrons. The smallest absolute Gasteiger partial charge is 0.101 e. The van der Waals surface area contributed by atoms with Crippen molar-refractivity contribution in [3.8, 4) is 6.07 Å². The molecular formula is C14H15ClN4. The molecule has 4 nitrogen and oxygen atoms in total. The van der Waals surface area contributed by atoms with Crippen molar-refractivity contribution < 1.29 is 0 Å². The number of nitrogens with one attached hydrogen (secondary N) is 1. The summed E-state index contributed by atoms with van der Waals surface area (Å²) in [5, 5.41) is 17.0. The molecular weight excluding hydrogens is 260 g/mol. The van der Waals surface area contributed by atoms with Crippen LogP contribution in [0.25, 0.3) is 0 Å². The summed E-state index contributed by atoms with van der Waals surface area (Å²) in [6.45, 7) is 3.71. The van der Waals surface area contributed by atoms with Gasteiger partial charge in [0.25, 0.3) is 0 Å². The van der Waals surface area contributed by atoms with E-state index in [9.17, 15) is 0 Å². The third-order valence-corrected chi connectivity index (χ3v) is 3.13. The van der Waals surface area contributed by atoms with E-state index in [1.54, 1.807) is 18.3 Å². The molecule has 0 aliphatic carbocycles. The lowest BCUT2D eigenvalue weighted by Gasteiger charge is -2.09. The minimum Gasteiger partial charge on any atom is -0.379 e. The molecule has 0 spiro atoms. The molecule has 0 fully saturated rings. The van der Waals surface area contributed by atoms with Gasteiger partial charge in [-0.3, -0.25) is 4.68 Å². The van der Waals surface area contributed by atoms with Crippen LogP contribution in [0, 0.1) is 11.3 Å². The number of halogens is 1. The highest BCUT2D eigenvalue weighted by Crippen LogP contribution is 2.20. The largest absolute Gasteiger partial charge is 0.379 e. The number of anilines is 1. The van der Waals surface area contributed by atoms with Crippen LogP contribution < -0.4 is 5.32 Å². The van der Waals surface area contributed by atoms with Gasteiger partial charge in [0.15, 0.2) is 0 Å². The van der Waals surface area contributed by atoms with Gasteiger partial charge in [-0.25, -0.2) is 0 Å². The van der Waals surface area contributed by atoms with Gasteiger partial charge in [-0.2, -0.15) is 10.4 Å². The van der Waals surface area contributed by atoms with Crippen LogP contribution in [0.15, 0.2) is 30.5 Å². The highest BCUT2D eigenvalue weighted by Gasteiger charge is 2.03. The topological polar surface area (TPSA) is 53.6 Å². The van der Waals surface area contributed by atoms with E-state index in [-0.39, 0.29) is 0 Å². The van der Waals surface area contributed by atoms with Crippen LogP contribution in [0.5, 0.6) is 0 Å². The van der Waals surface area contributed by atoms with Crippen molar-refractivity contribution in [1.29, 1.82) is 5.26 Å². The Balaban J connectivity index is 2.06. The van der Waals surface area contributed by atoms with Crippen LogP contribution in [0.1, 0.15) is 24.6 Å². The van der Waals surface area contributed by atoms with E-state index in [0.29, 0.717) is 17.1 Å². The Labute approximate surface area is 117 Å². The molecule has 0 unspecified atom stereocenters. The second-order valence-electron chi connectivity index (χ2n) is 4.21. The molecule has 0 saturated heterocycles. The Morgan fingerprint density at radius 3 is 3.00 bits per heavy atom. The quantitative estimate of drug-likeness (QED) is 0.909. The van der Waals surface area contributed by atoms with Gasteiger partial charge in [0, 0.05) is 18.4 Å². The van der Waals surface area contributed by atoms with Crippen LogP contribution in [-0.2, 0) is 13.1 Å². The Hall–Kier alpha value is -1.99. The summed E-state index contributed by atoms with van der Waals surface area (Å²) in [6, 6.07) is 9.41. The van der Waals surface area contributed by atoms with Gasteiger partial charge in [0.2, 0.25) is 0 Å². The number of nitrogens with zero attached hydrogens (tertiary/aromatic N) is 3. The summed E-state index contributed by atoms with van der Waals surface area (Å²) in [5.74, 6) is 0. The maximum Gasteiger partial charge on any atom is 0.101 e. The van der Waals surface area contributed by atoms with Crippen LogP contribution >= 0.6 is 11.6 Å². The Morgan fingerprint density at radius 1 is 1.42 bits per heavy atom. The maximum absolute atomic E-state index is 8.93. The van der Waals surface area contributed by atoms with Crippen molar-refractivity contribution in [1.82, 2.24) is 9.78 Å². The standard InChI is InChI=1S/C14H15ClN4/c1-2-7-19-13(5-6-18-19)10-17-12-3-4-14(15)11(8-12)9-16/h3-6,8,17H,2,7,10H2,1H3. The molecule has 5 heteroatoms. The summed E-state index contributed by atoms with van der Waals surface area (Å²) in [7, 11) is 0. The molecule has 0 bridgehead atoms. The first-order valence-corrected chi connectivity index (χ1v) is 6.56. The van der Waals surface area contributed by atoms with Crippen molar-refractivity contribution in [2.24, 2.45) is 0 Å². The molecule has 1 N–H and O–H groups in total. The minimum absolute atomic E-state index is 0.476. The third-order valence-electron chi connectivity index (χ3n) is 2.80. The first-order valence-electron chi connectivity index (χ1n) is 6.18. The lowest BCUT2D eigenvalue weighted by molar-refractivity contribution is 0.578. The number of nitriles is 1. The first-order chi connectivity index (χ1) is 9.24. The van der Waals surface area contributed by atoms with Crippen molar-refractivity contribution in [2.75, 3.05) is 5.32 Å². The van der Waals surface area contributed by atoms with Crippen molar-refractivity contribution in [3.05, 3.63) is 46.7 Å². The van der Waals surface area contributed by atoms with Crippen LogP contribution in [0.2, 0.25) is 5.02 Å². The predicted molar refractivity (Wildman–Crippen MR) is 76.0 cm³/mol. The van der Waals surface area contributed by atoms with Crippen LogP contribution in [0.4, 0.5) is 5.69 Å². The summed E-state index contributed by atoms with van der Waals surface area (Å²) in [4.78, 5) is 0. The SMILES string of the molecule is CCCn1nccc1CNc1ccc(Cl)c(C#N)c1. The Morgan fingerprint density at radius 2 is 2.26 bits per heavy atom. The van der Waals surface area contributed by atoms with E-state index in [4.69, 9.17) is 16.9 Å². The molecule has 1 aromatic carbocycles. The minimum atomic E-state index is 0.476. The van der Waals surface area contributed by atoms with Gasteiger partial charge < -0.3 is 5.32 Å². The molecule has 19 heavy (non-hydrogen) atoms. The molecule has 2 rings (SSSR count). The van der Waals surface area contributed by atoms with E-state index >= 15 is 0 Å². The highest BCUT2D eigenvalue weighted by molar-refractivity contribution is 6.31. The van der Waals surface area contributed by atoms with Crippen molar-refractivity contribution in [3.63, 3.8) is 0 Å². The molecule has 0 saturated carbocycles. The number of hydrogen-bond acceptors (Lipinski definition) is 3. The Bertz CT molecular complexity index is 598. The monoisotopic (exact) mass is 274 g/mol. The highest BCUT2D eigenvalue weighted by atomic mass is 35.5. The second kappa shape index (κ2) is 6.26. The lowest BCUT2D eigenvalue weighted by atomic mass is 10.2. The molecule has 1 heterocycles. The number of rotatable bonds is 5. The molecule has 1 aromatic heterocycles. The molecule has 0 aliphatic rings. The summed E-state index contributed by atoms with van der Waals surface area (Å²) in [5.41, 5.74) is 2.48.